The first-order valence-electron chi connectivity index (χ1n) is 6.44. The molecule has 0 aromatic carbocycles. The number of aryl methyl sites for hydroxylation is 2. The van der Waals surface area contributed by atoms with E-state index in [4.69, 9.17) is 9.26 Å². The molecule has 0 aliphatic carbocycles. The third kappa shape index (κ3) is 3.15. The third-order valence-corrected chi connectivity index (χ3v) is 3.07. The smallest absolute Gasteiger partial charge is 0.227 e. The minimum absolute atomic E-state index is 0.0460. The zero-order valence-corrected chi connectivity index (χ0v) is 10.6. The Labute approximate surface area is 111 Å². The Morgan fingerprint density at radius 1 is 1.37 bits per heavy atom. The van der Waals surface area contributed by atoms with Crippen LogP contribution in [0.3, 0.4) is 0 Å². The number of ether oxygens (including phenoxy) is 1. The van der Waals surface area contributed by atoms with Gasteiger partial charge in [0.1, 0.15) is 0 Å². The van der Waals surface area contributed by atoms with Crippen molar-refractivity contribution < 1.29 is 9.26 Å². The van der Waals surface area contributed by atoms with Gasteiger partial charge in [-0.15, -0.1) is 0 Å². The van der Waals surface area contributed by atoms with Gasteiger partial charge in [-0.25, -0.2) is 0 Å². The van der Waals surface area contributed by atoms with Crippen molar-refractivity contribution >= 4 is 0 Å². The summed E-state index contributed by atoms with van der Waals surface area (Å²) < 4.78 is 10.6. The topological polar surface area (TPSA) is 73.1 Å². The number of nitrogens with zero attached hydrogens (tertiary/aromatic N) is 3. The Kier molecular flexibility index (Phi) is 3.81. The Morgan fingerprint density at radius 3 is 3.16 bits per heavy atom. The van der Waals surface area contributed by atoms with Crippen molar-refractivity contribution in [3.63, 3.8) is 0 Å². The number of rotatable bonds is 4. The van der Waals surface area contributed by atoms with Crippen LogP contribution in [0.2, 0.25) is 0 Å². The quantitative estimate of drug-likeness (QED) is 0.881. The predicted octanol–water partition coefficient (Wildman–Crippen LogP) is 0.911. The molecule has 1 saturated heterocycles. The van der Waals surface area contributed by atoms with Crippen LogP contribution in [-0.2, 0) is 17.6 Å². The molecule has 0 spiro atoms. The molecular weight excluding hydrogens is 244 g/mol. The maximum absolute atomic E-state index is 5.38. The second kappa shape index (κ2) is 5.90. The lowest BCUT2D eigenvalue weighted by Crippen LogP contribution is -2.35. The van der Waals surface area contributed by atoms with Crippen LogP contribution < -0.4 is 5.32 Å². The molecule has 0 amide bonds. The minimum atomic E-state index is 0.0460. The van der Waals surface area contributed by atoms with Crippen LogP contribution in [0.5, 0.6) is 0 Å². The highest BCUT2D eigenvalue weighted by Gasteiger charge is 2.20. The van der Waals surface area contributed by atoms with E-state index in [2.05, 4.69) is 20.4 Å². The average Bonchev–Trinajstić information content (AvgIpc) is 2.96. The van der Waals surface area contributed by atoms with Gasteiger partial charge in [0.15, 0.2) is 5.82 Å². The molecule has 6 heteroatoms. The lowest BCUT2D eigenvalue weighted by Gasteiger charge is -2.20. The van der Waals surface area contributed by atoms with Gasteiger partial charge in [-0.2, -0.15) is 4.98 Å². The lowest BCUT2D eigenvalue weighted by molar-refractivity contribution is 0.0734. The SMILES string of the molecule is c1cncc(CCc2nc(C3COCCN3)no2)c1. The van der Waals surface area contributed by atoms with E-state index in [1.807, 2.05) is 18.3 Å². The molecule has 1 unspecified atom stereocenters. The van der Waals surface area contributed by atoms with Crippen molar-refractivity contribution in [2.24, 2.45) is 0 Å². The molecule has 1 aliphatic rings. The van der Waals surface area contributed by atoms with Crippen LogP contribution in [0.15, 0.2) is 29.0 Å². The van der Waals surface area contributed by atoms with Gasteiger partial charge in [0.2, 0.25) is 5.89 Å². The maximum Gasteiger partial charge on any atom is 0.227 e. The molecule has 0 saturated carbocycles. The minimum Gasteiger partial charge on any atom is -0.378 e. The fourth-order valence-electron chi connectivity index (χ4n) is 2.04. The summed E-state index contributed by atoms with van der Waals surface area (Å²) >= 11 is 0. The highest BCUT2D eigenvalue weighted by atomic mass is 16.5. The summed E-state index contributed by atoms with van der Waals surface area (Å²) in [6.45, 7) is 2.16. The van der Waals surface area contributed by atoms with E-state index in [-0.39, 0.29) is 6.04 Å². The molecule has 19 heavy (non-hydrogen) atoms. The van der Waals surface area contributed by atoms with Crippen LogP contribution in [0, 0.1) is 0 Å². The number of hydrogen-bond donors (Lipinski definition) is 1. The van der Waals surface area contributed by atoms with Crippen LogP contribution in [0.4, 0.5) is 0 Å². The highest BCUT2D eigenvalue weighted by Crippen LogP contribution is 2.13. The standard InChI is InChI=1S/C13H16N4O2/c1-2-10(8-14-5-1)3-4-12-16-13(17-19-12)11-9-18-7-6-15-11/h1-2,5,8,11,15H,3-4,6-7,9H2. The van der Waals surface area contributed by atoms with Gasteiger partial charge in [-0.05, 0) is 18.1 Å². The first-order valence-corrected chi connectivity index (χ1v) is 6.44. The van der Waals surface area contributed by atoms with E-state index in [0.29, 0.717) is 18.3 Å². The van der Waals surface area contributed by atoms with Crippen LogP contribution >= 0.6 is 0 Å². The number of pyridine rings is 1. The van der Waals surface area contributed by atoms with Crippen molar-refractivity contribution in [1.29, 1.82) is 0 Å². The number of aromatic nitrogens is 3. The van der Waals surface area contributed by atoms with Gasteiger partial charge >= 0.3 is 0 Å². The van der Waals surface area contributed by atoms with Crippen molar-refractivity contribution in [3.05, 3.63) is 41.8 Å². The molecule has 100 valence electrons. The molecule has 1 N–H and O–H groups in total. The Hall–Kier alpha value is -1.79. The molecule has 0 bridgehead atoms. The van der Waals surface area contributed by atoms with Crippen molar-refractivity contribution in [3.8, 4) is 0 Å². The molecule has 0 radical (unpaired) electrons. The molecule has 3 rings (SSSR count). The summed E-state index contributed by atoms with van der Waals surface area (Å²) in [4.78, 5) is 8.49. The summed E-state index contributed by atoms with van der Waals surface area (Å²) in [5.41, 5.74) is 1.17. The maximum atomic E-state index is 5.38. The van der Waals surface area contributed by atoms with Crippen LogP contribution in [0.25, 0.3) is 0 Å². The normalized spacial score (nSPS) is 19.5. The monoisotopic (exact) mass is 260 g/mol. The van der Waals surface area contributed by atoms with Crippen LogP contribution in [0.1, 0.15) is 23.3 Å². The van der Waals surface area contributed by atoms with E-state index < -0.39 is 0 Å². The highest BCUT2D eigenvalue weighted by molar-refractivity contribution is 5.09. The van der Waals surface area contributed by atoms with E-state index in [9.17, 15) is 0 Å². The average molecular weight is 260 g/mol. The fourth-order valence-corrected chi connectivity index (χ4v) is 2.04. The molecule has 1 aliphatic heterocycles. The fraction of sp³-hybridized carbons (Fsp3) is 0.462. The summed E-state index contributed by atoms with van der Waals surface area (Å²) in [7, 11) is 0. The van der Waals surface area contributed by atoms with Crippen LogP contribution in [-0.4, -0.2) is 34.9 Å². The third-order valence-electron chi connectivity index (χ3n) is 3.07. The molecule has 3 heterocycles. The first-order chi connectivity index (χ1) is 9.42. The van der Waals surface area contributed by atoms with Gasteiger partial charge < -0.3 is 14.6 Å². The second-order valence-electron chi connectivity index (χ2n) is 4.49. The summed E-state index contributed by atoms with van der Waals surface area (Å²) in [5.74, 6) is 1.34. The van der Waals surface area contributed by atoms with E-state index in [0.717, 1.165) is 26.0 Å². The summed E-state index contributed by atoms with van der Waals surface area (Å²) in [6, 6.07) is 4.02. The molecule has 2 aromatic rings. The van der Waals surface area contributed by atoms with Gasteiger partial charge in [0.05, 0.1) is 19.3 Å². The first kappa shape index (κ1) is 12.3. The Bertz CT molecular complexity index is 508. The van der Waals surface area contributed by atoms with Crippen molar-refractivity contribution in [1.82, 2.24) is 20.4 Å². The van der Waals surface area contributed by atoms with E-state index in [1.165, 1.54) is 5.56 Å². The van der Waals surface area contributed by atoms with Crippen molar-refractivity contribution in [2.45, 2.75) is 18.9 Å². The van der Waals surface area contributed by atoms with Gasteiger partial charge in [0, 0.05) is 25.4 Å². The summed E-state index contributed by atoms with van der Waals surface area (Å²) in [5, 5.41) is 7.31. The second-order valence-corrected chi connectivity index (χ2v) is 4.49. The number of hydrogen-bond acceptors (Lipinski definition) is 6. The molecule has 6 nitrogen and oxygen atoms in total. The lowest BCUT2D eigenvalue weighted by atomic mass is 10.1. The predicted molar refractivity (Wildman–Crippen MR) is 67.5 cm³/mol. The number of morpholine rings is 1. The molecule has 2 aromatic heterocycles. The molecule has 1 fully saturated rings. The van der Waals surface area contributed by atoms with Gasteiger partial charge in [-0.1, -0.05) is 11.2 Å². The summed E-state index contributed by atoms with van der Waals surface area (Å²) in [6.07, 6.45) is 5.20. The zero-order chi connectivity index (χ0) is 12.9. The molecular formula is C13H16N4O2. The Balaban J connectivity index is 1.58. The van der Waals surface area contributed by atoms with Gasteiger partial charge in [0.25, 0.3) is 0 Å². The van der Waals surface area contributed by atoms with Gasteiger partial charge in [-0.3, -0.25) is 4.98 Å². The largest absolute Gasteiger partial charge is 0.378 e. The van der Waals surface area contributed by atoms with E-state index >= 15 is 0 Å². The zero-order valence-electron chi connectivity index (χ0n) is 10.6. The van der Waals surface area contributed by atoms with Crippen molar-refractivity contribution in [2.75, 3.05) is 19.8 Å². The Morgan fingerprint density at radius 2 is 2.37 bits per heavy atom. The molecule has 1 atom stereocenters. The van der Waals surface area contributed by atoms with E-state index in [1.54, 1.807) is 6.20 Å². The number of nitrogens with one attached hydrogen (secondary N) is 1.